The maximum absolute atomic E-state index is 9.55. The molecule has 0 radical (unpaired) electrons. The van der Waals surface area contributed by atoms with Crippen LogP contribution in [0.1, 0.15) is 37.7 Å². The van der Waals surface area contributed by atoms with Crippen LogP contribution >= 0.6 is 23.2 Å². The zero-order valence-corrected chi connectivity index (χ0v) is 17.1. The molecule has 3 N–H and O–H groups in total. The largest absolute Gasteiger partial charge is 0.478 e. The Labute approximate surface area is 174 Å². The van der Waals surface area contributed by atoms with Gasteiger partial charge in [-0.3, -0.25) is 0 Å². The van der Waals surface area contributed by atoms with Gasteiger partial charge in [0.1, 0.15) is 0 Å². The first-order valence-corrected chi connectivity index (χ1v) is 10.00. The third-order valence-corrected chi connectivity index (χ3v) is 5.84. The maximum Gasteiger partial charge on any atom is 0.328 e. The fourth-order valence-electron chi connectivity index (χ4n) is 3.89. The van der Waals surface area contributed by atoms with Crippen LogP contribution in [-0.2, 0) is 14.3 Å². The summed E-state index contributed by atoms with van der Waals surface area (Å²) in [4.78, 5) is 19.1. The number of fused-ring (bicyclic) bond motifs is 2. The molecule has 2 fully saturated rings. The fourth-order valence-corrected chi connectivity index (χ4v) is 4.20. The Balaban J connectivity index is 0.000000300. The highest BCUT2D eigenvalue weighted by Gasteiger charge is 2.42. The van der Waals surface area contributed by atoms with E-state index in [0.717, 1.165) is 13.2 Å². The Hall–Kier alpha value is -1.60. The van der Waals surface area contributed by atoms with Crippen molar-refractivity contribution in [3.63, 3.8) is 0 Å². The number of nitrogens with one attached hydrogen (secondary N) is 1. The molecule has 1 aromatic rings. The molecule has 0 aliphatic carbocycles. The van der Waals surface area contributed by atoms with Crippen molar-refractivity contribution in [1.29, 1.82) is 0 Å². The van der Waals surface area contributed by atoms with Crippen LogP contribution in [-0.4, -0.2) is 47.4 Å². The van der Waals surface area contributed by atoms with Gasteiger partial charge in [0.2, 0.25) is 0 Å². The van der Waals surface area contributed by atoms with Crippen molar-refractivity contribution in [2.45, 2.75) is 44.2 Å². The Morgan fingerprint density at radius 2 is 1.86 bits per heavy atom. The molecule has 2 heterocycles. The lowest BCUT2D eigenvalue weighted by atomic mass is 9.77. The lowest BCUT2D eigenvalue weighted by Gasteiger charge is -2.38. The molecule has 0 amide bonds. The first-order valence-electron chi connectivity index (χ1n) is 9.24. The number of carbonyl (C=O) groups is 2. The lowest BCUT2D eigenvalue weighted by molar-refractivity contribution is -0.134. The van der Waals surface area contributed by atoms with Crippen molar-refractivity contribution < 1.29 is 24.5 Å². The van der Waals surface area contributed by atoms with Crippen LogP contribution in [0.3, 0.4) is 0 Å². The second kappa shape index (κ2) is 10.8. The minimum Gasteiger partial charge on any atom is -0.478 e. The van der Waals surface area contributed by atoms with E-state index in [1.165, 1.54) is 24.8 Å². The summed E-state index contributed by atoms with van der Waals surface area (Å²) in [6, 6.07) is 7.32. The number of carboxylic acids is 2. The molecule has 2 aliphatic heterocycles. The summed E-state index contributed by atoms with van der Waals surface area (Å²) in [6.07, 6.45) is 4.84. The van der Waals surface area contributed by atoms with Gasteiger partial charge in [-0.15, -0.1) is 0 Å². The minimum atomic E-state index is -1.26. The van der Waals surface area contributed by atoms with Crippen molar-refractivity contribution in [3.05, 3.63) is 46.0 Å². The van der Waals surface area contributed by atoms with Gasteiger partial charge < -0.3 is 20.3 Å². The first-order chi connectivity index (χ1) is 13.3. The maximum atomic E-state index is 9.55. The normalized spacial score (nSPS) is 26.0. The van der Waals surface area contributed by atoms with Crippen LogP contribution in [0.2, 0.25) is 10.0 Å². The smallest absolute Gasteiger partial charge is 0.328 e. The molecule has 0 spiro atoms. The summed E-state index contributed by atoms with van der Waals surface area (Å²) in [5, 5.41) is 20.7. The molecule has 2 bridgehead atoms. The average Bonchev–Trinajstić information content (AvgIpc) is 3.04. The Morgan fingerprint density at radius 1 is 1.18 bits per heavy atom. The number of aliphatic carboxylic acids is 2. The van der Waals surface area contributed by atoms with Crippen LogP contribution in [0, 0.1) is 5.92 Å². The predicted molar refractivity (Wildman–Crippen MR) is 108 cm³/mol. The quantitative estimate of drug-likeness (QED) is 0.592. The zero-order chi connectivity index (χ0) is 20.7. The van der Waals surface area contributed by atoms with Crippen LogP contribution in [0.4, 0.5) is 0 Å². The van der Waals surface area contributed by atoms with E-state index in [1.807, 2.05) is 12.1 Å². The molecule has 3 rings (SSSR count). The van der Waals surface area contributed by atoms with E-state index >= 15 is 0 Å². The van der Waals surface area contributed by atoms with Gasteiger partial charge in [-0.1, -0.05) is 29.3 Å². The number of ether oxygens (including phenoxy) is 1. The Bertz CT molecular complexity index is 709. The molecule has 0 aromatic heterocycles. The van der Waals surface area contributed by atoms with Crippen LogP contribution < -0.4 is 5.32 Å². The summed E-state index contributed by atoms with van der Waals surface area (Å²) in [6.45, 7) is 3.66. The minimum absolute atomic E-state index is 0.523. The number of halogens is 2. The average molecular weight is 430 g/mol. The highest BCUT2D eigenvalue weighted by molar-refractivity contribution is 6.42. The van der Waals surface area contributed by atoms with Crippen molar-refractivity contribution in [2.24, 2.45) is 5.92 Å². The monoisotopic (exact) mass is 429 g/mol. The van der Waals surface area contributed by atoms with E-state index in [2.05, 4.69) is 18.3 Å². The van der Waals surface area contributed by atoms with Crippen molar-refractivity contribution >= 4 is 35.1 Å². The topological polar surface area (TPSA) is 95.9 Å². The molecule has 4 atom stereocenters. The van der Waals surface area contributed by atoms with Crippen LogP contribution in [0.5, 0.6) is 0 Å². The van der Waals surface area contributed by atoms with Gasteiger partial charge in [0.25, 0.3) is 0 Å². The van der Waals surface area contributed by atoms with Crippen LogP contribution in [0.25, 0.3) is 0 Å². The summed E-state index contributed by atoms with van der Waals surface area (Å²) < 4.78 is 5.73. The van der Waals surface area contributed by atoms with E-state index in [0.29, 0.717) is 46.1 Å². The standard InChI is InChI=1S/C16H21Cl2NO.C4H4O4/c1-2-20-9-13-12(8-11-4-6-16(13)19-11)10-3-5-14(17)15(18)7-10;5-3(6)1-2-4(7)8/h3,5,7,11-13,16,19H,2,4,6,8-9H2,1H3;1-2H,(H,5,6)(H,7,8)/b;2-1+/t11-,12+,13+,16+;/m1./s1. The van der Waals surface area contributed by atoms with E-state index in [4.69, 9.17) is 38.2 Å². The Morgan fingerprint density at radius 3 is 2.43 bits per heavy atom. The number of piperidine rings is 1. The van der Waals surface area contributed by atoms with E-state index < -0.39 is 11.9 Å². The van der Waals surface area contributed by atoms with Crippen molar-refractivity contribution in [3.8, 4) is 0 Å². The molecule has 2 saturated heterocycles. The van der Waals surface area contributed by atoms with Gasteiger partial charge in [-0.2, -0.15) is 0 Å². The van der Waals surface area contributed by atoms with E-state index in [9.17, 15) is 9.59 Å². The first kappa shape index (κ1) is 22.7. The summed E-state index contributed by atoms with van der Waals surface area (Å²) in [5.41, 5.74) is 1.31. The van der Waals surface area contributed by atoms with Gasteiger partial charge in [0.05, 0.1) is 16.7 Å². The van der Waals surface area contributed by atoms with Crippen molar-refractivity contribution in [2.75, 3.05) is 13.2 Å². The molecular formula is C20H25Cl2NO5. The fraction of sp³-hybridized carbons (Fsp3) is 0.500. The molecule has 0 saturated carbocycles. The molecule has 2 aliphatic rings. The third kappa shape index (κ3) is 6.48. The molecular weight excluding hydrogens is 405 g/mol. The Kier molecular flexibility index (Phi) is 8.76. The zero-order valence-electron chi connectivity index (χ0n) is 15.6. The SMILES string of the molecule is CCOC[C@@H]1[C@@H]2CC[C@H](C[C@H]1c1ccc(Cl)c(Cl)c1)N2.O=C(O)/C=C/C(=O)O. The van der Waals surface area contributed by atoms with Gasteiger partial charge >= 0.3 is 11.9 Å². The number of hydrogen-bond donors (Lipinski definition) is 3. The molecule has 154 valence electrons. The van der Waals surface area contributed by atoms with Gasteiger partial charge in [-0.25, -0.2) is 9.59 Å². The number of benzene rings is 1. The third-order valence-electron chi connectivity index (χ3n) is 5.10. The molecule has 1 aromatic carbocycles. The lowest BCUT2D eigenvalue weighted by Crippen LogP contribution is -2.46. The molecule has 8 heteroatoms. The summed E-state index contributed by atoms with van der Waals surface area (Å²) >= 11 is 12.2. The van der Waals surface area contributed by atoms with Crippen LogP contribution in [0.15, 0.2) is 30.4 Å². The van der Waals surface area contributed by atoms with E-state index in [-0.39, 0.29) is 0 Å². The summed E-state index contributed by atoms with van der Waals surface area (Å²) in [7, 11) is 0. The number of carboxylic acid groups (broad SMARTS) is 2. The van der Waals surface area contributed by atoms with Gasteiger partial charge in [0.15, 0.2) is 0 Å². The molecule has 28 heavy (non-hydrogen) atoms. The highest BCUT2D eigenvalue weighted by atomic mass is 35.5. The van der Waals surface area contributed by atoms with E-state index in [1.54, 1.807) is 0 Å². The molecule has 0 unspecified atom stereocenters. The second-order valence-corrected chi connectivity index (χ2v) is 7.71. The summed E-state index contributed by atoms with van der Waals surface area (Å²) in [5.74, 6) is -1.46. The van der Waals surface area contributed by atoms with Gasteiger partial charge in [0, 0.05) is 36.8 Å². The van der Waals surface area contributed by atoms with Crippen molar-refractivity contribution in [1.82, 2.24) is 5.32 Å². The number of hydrogen-bond acceptors (Lipinski definition) is 4. The van der Waals surface area contributed by atoms with Gasteiger partial charge in [-0.05, 0) is 49.8 Å². The second-order valence-electron chi connectivity index (χ2n) is 6.90. The number of rotatable bonds is 6. The highest BCUT2D eigenvalue weighted by Crippen LogP contribution is 2.43. The molecule has 6 nitrogen and oxygen atoms in total. The predicted octanol–water partition coefficient (Wildman–Crippen LogP) is 3.97.